The Bertz CT molecular complexity index is 541. The predicted octanol–water partition coefficient (Wildman–Crippen LogP) is 6.11. The Morgan fingerprint density at radius 3 is 1.81 bits per heavy atom. The van der Waals surface area contributed by atoms with Crippen molar-refractivity contribution in [1.82, 2.24) is 0 Å². The molecule has 0 fully saturated rings. The zero-order valence-electron chi connectivity index (χ0n) is 17.9. The lowest BCUT2D eigenvalue weighted by atomic mass is 9.92. The van der Waals surface area contributed by atoms with Gasteiger partial charge in [0.05, 0.1) is 19.8 Å². The third-order valence-corrected chi connectivity index (χ3v) is 11.8. The molecule has 0 saturated carbocycles. The first-order chi connectivity index (χ1) is 12.1. The fourth-order valence-corrected chi connectivity index (χ4v) is 9.60. The smallest absolute Gasteiger partial charge is 0.200 e. The van der Waals surface area contributed by atoms with Crippen LogP contribution in [0.5, 0.6) is 5.75 Å². The van der Waals surface area contributed by atoms with E-state index in [4.69, 9.17) is 9.16 Å². The summed E-state index contributed by atoms with van der Waals surface area (Å²) >= 11 is 0. The summed E-state index contributed by atoms with van der Waals surface area (Å²) in [5, 5.41) is 10.7. The van der Waals surface area contributed by atoms with Crippen molar-refractivity contribution < 1.29 is 14.3 Å². The SMILES string of the molecule is C=C(CO[Si](C(C)C)(C(C)C)C(C)C)[C@@H](C)[C@H](O)c1ccc(OC)cc1. The minimum absolute atomic E-state index is 0.0680. The van der Waals surface area contributed by atoms with Crippen molar-refractivity contribution in [3.63, 3.8) is 0 Å². The van der Waals surface area contributed by atoms with E-state index in [0.717, 1.165) is 16.9 Å². The Balaban J connectivity index is 2.84. The van der Waals surface area contributed by atoms with E-state index >= 15 is 0 Å². The number of hydrogen-bond acceptors (Lipinski definition) is 3. The van der Waals surface area contributed by atoms with E-state index in [1.54, 1.807) is 7.11 Å². The largest absolute Gasteiger partial charge is 0.497 e. The van der Waals surface area contributed by atoms with Crippen LogP contribution in [0, 0.1) is 5.92 Å². The van der Waals surface area contributed by atoms with Crippen LogP contribution in [0.15, 0.2) is 36.4 Å². The fraction of sp³-hybridized carbons (Fsp3) is 0.636. The van der Waals surface area contributed by atoms with Gasteiger partial charge in [-0.15, -0.1) is 0 Å². The van der Waals surface area contributed by atoms with Gasteiger partial charge in [0.25, 0.3) is 0 Å². The minimum Gasteiger partial charge on any atom is -0.497 e. The molecule has 0 radical (unpaired) electrons. The lowest BCUT2D eigenvalue weighted by Gasteiger charge is -2.42. The fourth-order valence-electron chi connectivity index (χ4n) is 4.16. The maximum Gasteiger partial charge on any atom is 0.200 e. The highest BCUT2D eigenvalue weighted by Gasteiger charge is 2.45. The summed E-state index contributed by atoms with van der Waals surface area (Å²) in [6.45, 7) is 20.5. The van der Waals surface area contributed by atoms with E-state index in [9.17, 15) is 5.11 Å². The van der Waals surface area contributed by atoms with Gasteiger partial charge >= 0.3 is 0 Å². The van der Waals surface area contributed by atoms with Crippen molar-refractivity contribution in [2.24, 2.45) is 5.92 Å². The molecule has 1 rings (SSSR count). The molecule has 1 N–H and O–H groups in total. The molecule has 0 bridgehead atoms. The van der Waals surface area contributed by atoms with Crippen molar-refractivity contribution in [2.75, 3.05) is 13.7 Å². The number of ether oxygens (including phenoxy) is 1. The molecule has 2 atom stereocenters. The second kappa shape index (κ2) is 9.72. The Morgan fingerprint density at radius 2 is 1.42 bits per heavy atom. The lowest BCUT2D eigenvalue weighted by molar-refractivity contribution is 0.127. The Kier molecular flexibility index (Phi) is 8.58. The highest BCUT2D eigenvalue weighted by molar-refractivity contribution is 6.77. The first kappa shape index (κ1) is 22.9. The third-order valence-electron chi connectivity index (χ3n) is 5.79. The van der Waals surface area contributed by atoms with E-state index < -0.39 is 14.4 Å². The highest BCUT2D eigenvalue weighted by atomic mass is 28.4. The normalized spacial score (nSPS) is 14.8. The number of rotatable bonds is 10. The summed E-state index contributed by atoms with van der Waals surface area (Å²) in [5.74, 6) is 0.721. The lowest BCUT2D eigenvalue weighted by Crippen LogP contribution is -2.48. The second-order valence-corrected chi connectivity index (χ2v) is 13.7. The Morgan fingerprint density at radius 1 is 0.962 bits per heavy atom. The summed E-state index contributed by atoms with van der Waals surface area (Å²) < 4.78 is 11.8. The molecular weight excluding hydrogens is 340 g/mol. The van der Waals surface area contributed by atoms with Crippen LogP contribution in [-0.2, 0) is 4.43 Å². The molecule has 4 heteroatoms. The van der Waals surface area contributed by atoms with E-state index in [0.29, 0.717) is 23.2 Å². The first-order valence-corrected chi connectivity index (χ1v) is 11.9. The van der Waals surface area contributed by atoms with Gasteiger partial charge in [-0.25, -0.2) is 0 Å². The molecule has 0 aliphatic heterocycles. The molecule has 0 unspecified atom stereocenters. The molecule has 148 valence electrons. The van der Waals surface area contributed by atoms with Gasteiger partial charge in [-0.1, -0.05) is 67.2 Å². The number of benzene rings is 1. The molecule has 1 aromatic rings. The summed E-state index contributed by atoms with van der Waals surface area (Å²) in [5.41, 5.74) is 3.44. The van der Waals surface area contributed by atoms with E-state index in [-0.39, 0.29) is 5.92 Å². The van der Waals surface area contributed by atoms with Gasteiger partial charge in [-0.2, -0.15) is 0 Å². The maximum atomic E-state index is 10.7. The molecule has 1 aromatic carbocycles. The molecule has 0 aliphatic carbocycles. The van der Waals surface area contributed by atoms with Crippen LogP contribution in [-0.4, -0.2) is 27.1 Å². The van der Waals surface area contributed by atoms with Crippen LogP contribution in [0.1, 0.15) is 60.1 Å². The van der Waals surface area contributed by atoms with Crippen LogP contribution in [0.4, 0.5) is 0 Å². The number of aliphatic hydroxyl groups is 1. The molecule has 0 amide bonds. The van der Waals surface area contributed by atoms with Gasteiger partial charge in [0.1, 0.15) is 5.75 Å². The monoisotopic (exact) mass is 378 g/mol. The molecular formula is C22H38O3Si. The van der Waals surface area contributed by atoms with Gasteiger partial charge < -0.3 is 14.3 Å². The van der Waals surface area contributed by atoms with E-state index in [2.05, 4.69) is 48.1 Å². The second-order valence-electron chi connectivity index (χ2n) is 8.27. The van der Waals surface area contributed by atoms with Crippen LogP contribution < -0.4 is 4.74 Å². The zero-order chi connectivity index (χ0) is 20.1. The van der Waals surface area contributed by atoms with E-state index in [1.807, 2.05) is 31.2 Å². The van der Waals surface area contributed by atoms with Crippen molar-refractivity contribution >= 4 is 8.32 Å². The molecule has 3 nitrogen and oxygen atoms in total. The molecule has 0 heterocycles. The molecule has 26 heavy (non-hydrogen) atoms. The van der Waals surface area contributed by atoms with Crippen molar-refractivity contribution in [3.05, 3.63) is 42.0 Å². The first-order valence-electron chi connectivity index (χ1n) is 9.71. The van der Waals surface area contributed by atoms with Gasteiger partial charge in [0.2, 0.25) is 8.32 Å². The summed E-state index contributed by atoms with van der Waals surface area (Å²) in [6, 6.07) is 7.56. The standard InChI is InChI=1S/C22H38O3Si/c1-15(2)26(16(3)4,17(5)6)25-14-18(7)19(8)22(23)20-10-12-21(24-9)13-11-20/h10-13,15-17,19,22-23H,7,14H2,1-6,8-9H3/t19-,22+/m1/s1. The summed E-state index contributed by atoms with van der Waals surface area (Å²) in [4.78, 5) is 0. The van der Waals surface area contributed by atoms with Crippen LogP contribution in [0.25, 0.3) is 0 Å². The number of methoxy groups -OCH3 is 1. The predicted molar refractivity (Wildman–Crippen MR) is 113 cm³/mol. The van der Waals surface area contributed by atoms with Crippen molar-refractivity contribution in [3.8, 4) is 5.75 Å². The topological polar surface area (TPSA) is 38.7 Å². The number of hydrogen-bond donors (Lipinski definition) is 1. The Labute approximate surface area is 161 Å². The van der Waals surface area contributed by atoms with Crippen LogP contribution in [0.3, 0.4) is 0 Å². The number of aliphatic hydroxyl groups excluding tert-OH is 1. The highest BCUT2D eigenvalue weighted by Crippen LogP contribution is 2.43. The third kappa shape index (κ3) is 4.99. The Hall–Kier alpha value is -1.10. The van der Waals surface area contributed by atoms with Crippen molar-refractivity contribution in [1.29, 1.82) is 0 Å². The van der Waals surface area contributed by atoms with Crippen LogP contribution in [0.2, 0.25) is 16.6 Å². The summed E-state index contributed by atoms with van der Waals surface area (Å²) in [6.07, 6.45) is -0.592. The van der Waals surface area contributed by atoms with Gasteiger partial charge in [0, 0.05) is 5.92 Å². The minimum atomic E-state index is -1.92. The van der Waals surface area contributed by atoms with Crippen LogP contribution >= 0.6 is 0 Å². The van der Waals surface area contributed by atoms with Gasteiger partial charge in [0.15, 0.2) is 0 Å². The van der Waals surface area contributed by atoms with Gasteiger partial charge in [-0.05, 0) is 39.9 Å². The average Bonchev–Trinajstić information content (AvgIpc) is 2.59. The zero-order valence-corrected chi connectivity index (χ0v) is 18.9. The van der Waals surface area contributed by atoms with Gasteiger partial charge in [-0.3, -0.25) is 0 Å². The van der Waals surface area contributed by atoms with Crippen molar-refractivity contribution in [2.45, 2.75) is 71.2 Å². The maximum absolute atomic E-state index is 10.7. The summed E-state index contributed by atoms with van der Waals surface area (Å²) in [7, 11) is -0.281. The molecule has 0 spiro atoms. The molecule has 0 aliphatic rings. The molecule has 0 saturated heterocycles. The average molecular weight is 379 g/mol. The molecule has 0 aromatic heterocycles. The quantitative estimate of drug-likeness (QED) is 0.394. The van der Waals surface area contributed by atoms with E-state index in [1.165, 1.54) is 0 Å².